The van der Waals surface area contributed by atoms with Crippen LogP contribution in [0.1, 0.15) is 22.5 Å². The second-order valence-electron chi connectivity index (χ2n) is 4.27. The highest BCUT2D eigenvalue weighted by atomic mass is 32.1. The fourth-order valence-corrected chi connectivity index (χ4v) is 2.99. The SMILES string of the molecule is Cc1nc(C)c(CN2CCNC[C@@H]2C)s1. The van der Waals surface area contributed by atoms with Crippen LogP contribution in [0.25, 0.3) is 0 Å². The molecule has 1 aromatic rings. The van der Waals surface area contributed by atoms with Crippen molar-refractivity contribution in [3.63, 3.8) is 0 Å². The minimum Gasteiger partial charge on any atom is -0.314 e. The van der Waals surface area contributed by atoms with E-state index in [2.05, 4.69) is 36.0 Å². The Kier molecular flexibility index (Phi) is 3.38. The van der Waals surface area contributed by atoms with Crippen molar-refractivity contribution in [2.45, 2.75) is 33.4 Å². The Bertz CT molecular complexity index is 335. The lowest BCUT2D eigenvalue weighted by atomic mass is 10.2. The number of hydrogen-bond acceptors (Lipinski definition) is 4. The van der Waals surface area contributed by atoms with Crippen molar-refractivity contribution in [2.24, 2.45) is 0 Å². The number of hydrogen-bond donors (Lipinski definition) is 1. The van der Waals surface area contributed by atoms with E-state index in [-0.39, 0.29) is 0 Å². The van der Waals surface area contributed by atoms with Crippen molar-refractivity contribution in [3.05, 3.63) is 15.6 Å². The van der Waals surface area contributed by atoms with E-state index in [0.717, 1.165) is 26.2 Å². The Morgan fingerprint density at radius 2 is 2.33 bits per heavy atom. The van der Waals surface area contributed by atoms with Crippen LogP contribution in [0.5, 0.6) is 0 Å². The molecule has 0 aliphatic carbocycles. The smallest absolute Gasteiger partial charge is 0.0900 e. The van der Waals surface area contributed by atoms with E-state index in [9.17, 15) is 0 Å². The third kappa shape index (κ3) is 2.56. The van der Waals surface area contributed by atoms with Crippen LogP contribution in [0.15, 0.2) is 0 Å². The van der Waals surface area contributed by atoms with Crippen LogP contribution < -0.4 is 5.32 Å². The summed E-state index contributed by atoms with van der Waals surface area (Å²) in [7, 11) is 0. The molecule has 0 bridgehead atoms. The first-order valence-electron chi connectivity index (χ1n) is 5.54. The molecule has 15 heavy (non-hydrogen) atoms. The van der Waals surface area contributed by atoms with E-state index in [1.807, 2.05) is 11.3 Å². The Labute approximate surface area is 95.5 Å². The van der Waals surface area contributed by atoms with Crippen LogP contribution in [0.3, 0.4) is 0 Å². The first kappa shape index (κ1) is 11.0. The standard InChI is InChI=1S/C11H19N3S/c1-8-6-12-4-5-14(8)7-11-9(2)13-10(3)15-11/h8,12H,4-7H2,1-3H3/t8-/m0/s1. The summed E-state index contributed by atoms with van der Waals surface area (Å²) >= 11 is 1.84. The van der Waals surface area contributed by atoms with Gasteiger partial charge in [0.1, 0.15) is 0 Å². The zero-order valence-electron chi connectivity index (χ0n) is 9.71. The molecule has 1 N–H and O–H groups in total. The zero-order chi connectivity index (χ0) is 10.8. The summed E-state index contributed by atoms with van der Waals surface area (Å²) < 4.78 is 0. The summed E-state index contributed by atoms with van der Waals surface area (Å²) in [5.74, 6) is 0. The van der Waals surface area contributed by atoms with Crippen molar-refractivity contribution in [2.75, 3.05) is 19.6 Å². The number of piperazine rings is 1. The second-order valence-corrected chi connectivity index (χ2v) is 5.55. The molecule has 1 aliphatic rings. The molecule has 0 unspecified atom stereocenters. The van der Waals surface area contributed by atoms with Gasteiger partial charge in [-0.15, -0.1) is 11.3 Å². The van der Waals surface area contributed by atoms with E-state index >= 15 is 0 Å². The maximum Gasteiger partial charge on any atom is 0.0900 e. The van der Waals surface area contributed by atoms with Gasteiger partial charge in [0, 0.05) is 37.1 Å². The number of thiazole rings is 1. The van der Waals surface area contributed by atoms with Gasteiger partial charge in [-0.05, 0) is 20.8 Å². The molecule has 1 aliphatic heterocycles. The second kappa shape index (κ2) is 4.60. The summed E-state index contributed by atoms with van der Waals surface area (Å²) in [5, 5.41) is 4.60. The molecule has 1 atom stereocenters. The van der Waals surface area contributed by atoms with Crippen LogP contribution in [-0.4, -0.2) is 35.6 Å². The molecule has 84 valence electrons. The van der Waals surface area contributed by atoms with Gasteiger partial charge < -0.3 is 5.32 Å². The highest BCUT2D eigenvalue weighted by molar-refractivity contribution is 7.11. The third-order valence-corrected chi connectivity index (χ3v) is 4.04. The van der Waals surface area contributed by atoms with Gasteiger partial charge in [-0.1, -0.05) is 0 Å². The van der Waals surface area contributed by atoms with Crippen LogP contribution in [0, 0.1) is 13.8 Å². The fraction of sp³-hybridized carbons (Fsp3) is 0.727. The number of aromatic nitrogens is 1. The number of aryl methyl sites for hydroxylation is 2. The Morgan fingerprint density at radius 1 is 1.53 bits per heavy atom. The summed E-state index contributed by atoms with van der Waals surface area (Å²) in [4.78, 5) is 8.45. The molecule has 1 fully saturated rings. The van der Waals surface area contributed by atoms with E-state index in [4.69, 9.17) is 0 Å². The molecule has 0 saturated carbocycles. The van der Waals surface area contributed by atoms with Crippen LogP contribution >= 0.6 is 11.3 Å². The average Bonchev–Trinajstić information content (AvgIpc) is 2.49. The van der Waals surface area contributed by atoms with Gasteiger partial charge in [0.2, 0.25) is 0 Å². The first-order chi connectivity index (χ1) is 7.16. The third-order valence-electron chi connectivity index (χ3n) is 2.99. The highest BCUT2D eigenvalue weighted by Gasteiger charge is 2.19. The van der Waals surface area contributed by atoms with E-state index in [0.29, 0.717) is 6.04 Å². The minimum atomic E-state index is 0.639. The van der Waals surface area contributed by atoms with Gasteiger partial charge in [0.25, 0.3) is 0 Å². The maximum absolute atomic E-state index is 4.48. The molecular weight excluding hydrogens is 206 g/mol. The molecule has 3 nitrogen and oxygen atoms in total. The van der Waals surface area contributed by atoms with Gasteiger partial charge in [-0.3, -0.25) is 4.90 Å². The topological polar surface area (TPSA) is 28.2 Å². The quantitative estimate of drug-likeness (QED) is 0.828. The van der Waals surface area contributed by atoms with Crippen molar-refractivity contribution in [1.82, 2.24) is 15.2 Å². The Morgan fingerprint density at radius 3 is 2.93 bits per heavy atom. The minimum absolute atomic E-state index is 0.639. The molecular formula is C11H19N3S. The molecule has 0 aromatic carbocycles. The van der Waals surface area contributed by atoms with Gasteiger partial charge in [0.05, 0.1) is 10.7 Å². The number of rotatable bonds is 2. The lowest BCUT2D eigenvalue weighted by molar-refractivity contribution is 0.167. The van der Waals surface area contributed by atoms with Crippen molar-refractivity contribution >= 4 is 11.3 Å². The molecule has 0 amide bonds. The molecule has 0 spiro atoms. The number of nitrogens with zero attached hydrogens (tertiary/aromatic N) is 2. The molecule has 0 radical (unpaired) electrons. The predicted octanol–water partition coefficient (Wildman–Crippen LogP) is 1.55. The van der Waals surface area contributed by atoms with Crippen molar-refractivity contribution in [1.29, 1.82) is 0 Å². The van der Waals surface area contributed by atoms with Gasteiger partial charge in [-0.25, -0.2) is 4.98 Å². The monoisotopic (exact) mass is 225 g/mol. The predicted molar refractivity (Wildman–Crippen MR) is 64.3 cm³/mol. The average molecular weight is 225 g/mol. The zero-order valence-corrected chi connectivity index (χ0v) is 10.5. The first-order valence-corrected chi connectivity index (χ1v) is 6.36. The molecule has 4 heteroatoms. The maximum atomic E-state index is 4.48. The van der Waals surface area contributed by atoms with E-state index in [1.165, 1.54) is 15.6 Å². The summed E-state index contributed by atoms with van der Waals surface area (Å²) in [5.41, 5.74) is 1.21. The van der Waals surface area contributed by atoms with E-state index < -0.39 is 0 Å². The van der Waals surface area contributed by atoms with E-state index in [1.54, 1.807) is 0 Å². The van der Waals surface area contributed by atoms with Gasteiger partial charge >= 0.3 is 0 Å². The van der Waals surface area contributed by atoms with Crippen molar-refractivity contribution in [3.8, 4) is 0 Å². The van der Waals surface area contributed by atoms with Gasteiger partial charge in [0.15, 0.2) is 0 Å². The molecule has 2 rings (SSSR count). The van der Waals surface area contributed by atoms with Crippen molar-refractivity contribution < 1.29 is 0 Å². The van der Waals surface area contributed by atoms with Crippen LogP contribution in [0.4, 0.5) is 0 Å². The summed E-state index contributed by atoms with van der Waals surface area (Å²) in [6.07, 6.45) is 0. The molecule has 1 saturated heterocycles. The molecule has 1 aromatic heterocycles. The van der Waals surface area contributed by atoms with Crippen LogP contribution in [0.2, 0.25) is 0 Å². The summed E-state index contributed by atoms with van der Waals surface area (Å²) in [6, 6.07) is 0.639. The fourth-order valence-electron chi connectivity index (χ4n) is 2.02. The summed E-state index contributed by atoms with van der Waals surface area (Å²) in [6.45, 7) is 10.9. The Balaban J connectivity index is 2.04. The molecule has 2 heterocycles. The Hall–Kier alpha value is -0.450. The lowest BCUT2D eigenvalue weighted by Crippen LogP contribution is -2.49. The van der Waals surface area contributed by atoms with Gasteiger partial charge in [-0.2, -0.15) is 0 Å². The number of nitrogens with one attached hydrogen (secondary N) is 1. The van der Waals surface area contributed by atoms with Crippen LogP contribution in [-0.2, 0) is 6.54 Å². The lowest BCUT2D eigenvalue weighted by Gasteiger charge is -2.33. The highest BCUT2D eigenvalue weighted by Crippen LogP contribution is 2.20. The largest absolute Gasteiger partial charge is 0.314 e. The normalized spacial score (nSPS) is 23.3.